The molecule has 0 N–H and O–H groups in total. The van der Waals surface area contributed by atoms with Crippen LogP contribution in [-0.4, -0.2) is 13.2 Å². The molecule has 3 unspecified atom stereocenters. The minimum Gasteiger partial charge on any atom is -0.381 e. The Kier molecular flexibility index (Phi) is 3.63. The second kappa shape index (κ2) is 4.97. The average molecular weight is 194 g/mol. The molecule has 0 aromatic carbocycles. The lowest BCUT2D eigenvalue weighted by Gasteiger charge is -2.33. The summed E-state index contributed by atoms with van der Waals surface area (Å²) in [7, 11) is 1.86. The number of ether oxygens (including phenoxy) is 1. The van der Waals surface area contributed by atoms with Gasteiger partial charge in [-0.15, -0.1) is 0 Å². The Morgan fingerprint density at radius 1 is 1.14 bits per heavy atom. The highest BCUT2D eigenvalue weighted by Gasteiger charge is 2.27. The van der Waals surface area contributed by atoms with Crippen LogP contribution in [0.15, 0.2) is 12.2 Å². The van der Waals surface area contributed by atoms with Gasteiger partial charge in [0.05, 0.1) is 6.10 Å². The van der Waals surface area contributed by atoms with E-state index in [0.29, 0.717) is 6.10 Å². The van der Waals surface area contributed by atoms with E-state index in [-0.39, 0.29) is 0 Å². The Morgan fingerprint density at radius 3 is 2.79 bits per heavy atom. The van der Waals surface area contributed by atoms with Crippen LogP contribution in [0.25, 0.3) is 0 Å². The smallest absolute Gasteiger partial charge is 0.0574 e. The van der Waals surface area contributed by atoms with E-state index in [1.54, 1.807) is 0 Å². The van der Waals surface area contributed by atoms with E-state index in [4.69, 9.17) is 4.74 Å². The topological polar surface area (TPSA) is 9.23 Å². The summed E-state index contributed by atoms with van der Waals surface area (Å²) in [4.78, 5) is 0. The van der Waals surface area contributed by atoms with Crippen LogP contribution < -0.4 is 0 Å². The summed E-state index contributed by atoms with van der Waals surface area (Å²) >= 11 is 0. The highest BCUT2D eigenvalue weighted by atomic mass is 16.5. The molecule has 2 aliphatic rings. The Bertz CT molecular complexity index is 197. The second-order valence-corrected chi connectivity index (χ2v) is 4.81. The quantitative estimate of drug-likeness (QED) is 0.611. The predicted molar refractivity (Wildman–Crippen MR) is 59.2 cm³/mol. The van der Waals surface area contributed by atoms with Crippen LogP contribution in [0.3, 0.4) is 0 Å². The van der Waals surface area contributed by atoms with Crippen LogP contribution in [0.5, 0.6) is 0 Å². The number of rotatable bonds is 2. The standard InChI is InChI=1S/C13H22O/c1-14-13-9-5-8-12(10-13)11-6-3-2-4-7-11/h3,6,11-13H,2,4-5,7-10H2,1H3. The van der Waals surface area contributed by atoms with Crippen molar-refractivity contribution in [2.24, 2.45) is 11.8 Å². The summed E-state index contributed by atoms with van der Waals surface area (Å²) in [6, 6.07) is 0. The molecule has 2 aliphatic carbocycles. The Hall–Kier alpha value is -0.300. The fourth-order valence-electron chi connectivity index (χ4n) is 3.02. The van der Waals surface area contributed by atoms with Gasteiger partial charge in [0.1, 0.15) is 0 Å². The maximum Gasteiger partial charge on any atom is 0.0574 e. The van der Waals surface area contributed by atoms with Crippen molar-refractivity contribution in [1.82, 2.24) is 0 Å². The summed E-state index contributed by atoms with van der Waals surface area (Å²) in [5, 5.41) is 0. The minimum atomic E-state index is 0.545. The van der Waals surface area contributed by atoms with Crippen LogP contribution in [-0.2, 0) is 4.74 Å². The van der Waals surface area contributed by atoms with Gasteiger partial charge < -0.3 is 4.74 Å². The molecule has 14 heavy (non-hydrogen) atoms. The first kappa shape index (κ1) is 10.2. The van der Waals surface area contributed by atoms with E-state index in [1.165, 1.54) is 44.9 Å². The summed E-state index contributed by atoms with van der Waals surface area (Å²) in [5.74, 6) is 1.77. The summed E-state index contributed by atoms with van der Waals surface area (Å²) in [6.07, 6.45) is 14.9. The van der Waals surface area contributed by atoms with Crippen molar-refractivity contribution < 1.29 is 4.74 Å². The van der Waals surface area contributed by atoms with E-state index in [9.17, 15) is 0 Å². The maximum atomic E-state index is 5.49. The molecule has 1 nitrogen and oxygen atoms in total. The summed E-state index contributed by atoms with van der Waals surface area (Å²) < 4.78 is 5.49. The Balaban J connectivity index is 1.89. The van der Waals surface area contributed by atoms with Gasteiger partial charge in [-0.2, -0.15) is 0 Å². The molecular weight excluding hydrogens is 172 g/mol. The van der Waals surface area contributed by atoms with Crippen molar-refractivity contribution in [3.8, 4) is 0 Å². The summed E-state index contributed by atoms with van der Waals surface area (Å²) in [6.45, 7) is 0. The zero-order valence-corrected chi connectivity index (χ0v) is 9.24. The normalized spacial score (nSPS) is 38.5. The van der Waals surface area contributed by atoms with E-state index < -0.39 is 0 Å². The lowest BCUT2D eigenvalue weighted by molar-refractivity contribution is 0.0404. The third-order valence-corrected chi connectivity index (χ3v) is 3.90. The molecule has 0 aliphatic heterocycles. The van der Waals surface area contributed by atoms with Crippen LogP contribution >= 0.6 is 0 Å². The first-order valence-electron chi connectivity index (χ1n) is 6.09. The molecule has 0 aromatic rings. The molecule has 0 aromatic heterocycles. The van der Waals surface area contributed by atoms with Gasteiger partial charge in [0.15, 0.2) is 0 Å². The lowest BCUT2D eigenvalue weighted by atomic mass is 9.75. The molecule has 0 amide bonds. The maximum absolute atomic E-state index is 5.49. The number of hydrogen-bond acceptors (Lipinski definition) is 1. The van der Waals surface area contributed by atoms with E-state index in [2.05, 4.69) is 12.2 Å². The molecule has 0 spiro atoms. The van der Waals surface area contributed by atoms with Gasteiger partial charge in [-0.3, -0.25) is 0 Å². The molecule has 0 saturated heterocycles. The highest BCUT2D eigenvalue weighted by Crippen LogP contribution is 2.36. The summed E-state index contributed by atoms with van der Waals surface area (Å²) in [5.41, 5.74) is 0. The van der Waals surface area contributed by atoms with Gasteiger partial charge in [0.25, 0.3) is 0 Å². The van der Waals surface area contributed by atoms with E-state index in [0.717, 1.165) is 11.8 Å². The van der Waals surface area contributed by atoms with Crippen molar-refractivity contribution in [3.63, 3.8) is 0 Å². The highest BCUT2D eigenvalue weighted by molar-refractivity contribution is 4.97. The van der Waals surface area contributed by atoms with Crippen LogP contribution in [0.4, 0.5) is 0 Å². The van der Waals surface area contributed by atoms with Gasteiger partial charge in [-0.1, -0.05) is 18.6 Å². The van der Waals surface area contributed by atoms with Gasteiger partial charge in [0, 0.05) is 7.11 Å². The van der Waals surface area contributed by atoms with Crippen LogP contribution in [0.2, 0.25) is 0 Å². The van der Waals surface area contributed by atoms with E-state index >= 15 is 0 Å². The first-order valence-corrected chi connectivity index (χ1v) is 6.09. The fourth-order valence-corrected chi connectivity index (χ4v) is 3.02. The van der Waals surface area contributed by atoms with Crippen molar-refractivity contribution in [1.29, 1.82) is 0 Å². The SMILES string of the molecule is COC1CCCC(C2C=CCCC2)C1. The first-order chi connectivity index (χ1) is 6.90. The zero-order chi connectivity index (χ0) is 9.80. The van der Waals surface area contributed by atoms with Crippen LogP contribution in [0.1, 0.15) is 44.9 Å². The van der Waals surface area contributed by atoms with Gasteiger partial charge in [-0.05, 0) is 50.4 Å². The molecule has 80 valence electrons. The monoisotopic (exact) mass is 194 g/mol. The van der Waals surface area contributed by atoms with Crippen molar-refractivity contribution in [2.45, 2.75) is 51.0 Å². The molecule has 0 bridgehead atoms. The molecule has 0 radical (unpaired) electrons. The third kappa shape index (κ3) is 2.38. The molecule has 1 heteroatoms. The Morgan fingerprint density at radius 2 is 2.07 bits per heavy atom. The van der Waals surface area contributed by atoms with Crippen LogP contribution in [0, 0.1) is 11.8 Å². The number of hydrogen-bond donors (Lipinski definition) is 0. The van der Waals surface area contributed by atoms with Crippen molar-refractivity contribution in [3.05, 3.63) is 12.2 Å². The lowest BCUT2D eigenvalue weighted by Crippen LogP contribution is -2.26. The molecule has 1 saturated carbocycles. The Labute approximate surface area is 87.5 Å². The van der Waals surface area contributed by atoms with Crippen molar-refractivity contribution >= 4 is 0 Å². The zero-order valence-electron chi connectivity index (χ0n) is 9.24. The molecule has 3 atom stereocenters. The molecule has 1 fully saturated rings. The molecular formula is C13H22O. The molecule has 0 heterocycles. The third-order valence-electron chi connectivity index (χ3n) is 3.90. The predicted octanol–water partition coefficient (Wildman–Crippen LogP) is 3.55. The van der Waals surface area contributed by atoms with Crippen molar-refractivity contribution in [2.75, 3.05) is 7.11 Å². The average Bonchev–Trinajstić information content (AvgIpc) is 2.30. The fraction of sp³-hybridized carbons (Fsp3) is 0.846. The largest absolute Gasteiger partial charge is 0.381 e. The second-order valence-electron chi connectivity index (χ2n) is 4.81. The van der Waals surface area contributed by atoms with Gasteiger partial charge in [0.2, 0.25) is 0 Å². The number of allylic oxidation sites excluding steroid dienone is 2. The van der Waals surface area contributed by atoms with Gasteiger partial charge in [-0.25, -0.2) is 0 Å². The number of methoxy groups -OCH3 is 1. The minimum absolute atomic E-state index is 0.545. The van der Waals surface area contributed by atoms with Gasteiger partial charge >= 0.3 is 0 Å². The molecule has 2 rings (SSSR count). The van der Waals surface area contributed by atoms with E-state index in [1.807, 2.05) is 7.11 Å².